The van der Waals surface area contributed by atoms with Gasteiger partial charge in [-0.15, -0.1) is 11.3 Å². The third-order valence-corrected chi connectivity index (χ3v) is 10.5. The van der Waals surface area contributed by atoms with E-state index in [1.807, 2.05) is 11.3 Å². The highest BCUT2D eigenvalue weighted by Gasteiger charge is 2.51. The van der Waals surface area contributed by atoms with Gasteiger partial charge in [0.1, 0.15) is 11.9 Å². The average molecular weight is 534 g/mol. The number of aliphatic carboxylic acids is 1. The van der Waals surface area contributed by atoms with Gasteiger partial charge in [-0.05, 0) is 52.8 Å². The number of anilines is 1. The lowest BCUT2D eigenvalue weighted by atomic mass is 9.74. The minimum atomic E-state index is -0.822. The van der Waals surface area contributed by atoms with Crippen molar-refractivity contribution in [2.75, 3.05) is 11.4 Å². The van der Waals surface area contributed by atoms with E-state index in [0.29, 0.717) is 5.76 Å². The molecule has 0 saturated carbocycles. The van der Waals surface area contributed by atoms with Gasteiger partial charge in [-0.25, -0.2) is 0 Å². The van der Waals surface area contributed by atoms with Gasteiger partial charge in [0, 0.05) is 51.6 Å². The fourth-order valence-corrected chi connectivity index (χ4v) is 9.20. The van der Waals surface area contributed by atoms with Crippen LogP contribution in [-0.4, -0.2) is 29.5 Å². The lowest BCUT2D eigenvalue weighted by molar-refractivity contribution is -0.138. The van der Waals surface area contributed by atoms with E-state index < -0.39 is 11.4 Å². The van der Waals surface area contributed by atoms with Gasteiger partial charge >= 0.3 is 5.97 Å². The largest absolute Gasteiger partial charge is 0.485 e. The van der Waals surface area contributed by atoms with Crippen molar-refractivity contribution in [2.24, 2.45) is 0 Å². The highest BCUT2D eigenvalue weighted by atomic mass is 32.1. The van der Waals surface area contributed by atoms with Gasteiger partial charge in [0.25, 0.3) is 0 Å². The molecule has 3 aromatic rings. The Morgan fingerprint density at radius 3 is 2.74 bits per heavy atom. The third kappa shape index (κ3) is 2.85. The van der Waals surface area contributed by atoms with Crippen molar-refractivity contribution in [1.29, 1.82) is 0 Å². The fraction of sp³-hybridized carbons (Fsp3) is 0.273. The van der Waals surface area contributed by atoms with E-state index in [-0.39, 0.29) is 23.7 Å². The van der Waals surface area contributed by atoms with Gasteiger partial charge in [-0.3, -0.25) is 9.59 Å². The molecule has 2 aliphatic carbocycles. The maximum absolute atomic E-state index is 12.3. The molecule has 0 fully saturated rings. The number of carboxylic acid groups (broad SMARTS) is 1. The zero-order valence-electron chi connectivity index (χ0n) is 22.0. The molecule has 39 heavy (non-hydrogen) atoms. The number of hydrogen-bond acceptors (Lipinski definition) is 5. The molecule has 194 valence electrons. The first-order chi connectivity index (χ1) is 18.7. The summed E-state index contributed by atoms with van der Waals surface area (Å²) in [6.45, 7) is 7.42. The van der Waals surface area contributed by atoms with Gasteiger partial charge in [-0.2, -0.15) is 0 Å². The van der Waals surface area contributed by atoms with Gasteiger partial charge in [-0.1, -0.05) is 50.2 Å². The molecular weight excluding hydrogens is 506 g/mol. The standard InChI is InChI=1S/C33H27NO4S/c1-32(2)22-7-5-4-6-19(22)29-27(32)20-10-11-23-28(30(20)39-29)34-13-12-24-21(31(34)33(23,3)16-26(36)37)14-17-8-9-18(35)15-25(17)38-24/h4-11,14-15,24H,12-13,16H2,1-3H3,(H,36,37). The van der Waals surface area contributed by atoms with Crippen LogP contribution in [0.3, 0.4) is 0 Å². The number of fused-ring (bicyclic) bond motifs is 11. The summed E-state index contributed by atoms with van der Waals surface area (Å²) in [5.74, 6) is -0.284. The third-order valence-electron chi connectivity index (χ3n) is 9.26. The summed E-state index contributed by atoms with van der Waals surface area (Å²) >= 11 is 1.84. The molecule has 1 N–H and O–H groups in total. The molecule has 4 heterocycles. The fourth-order valence-electron chi connectivity index (χ4n) is 7.64. The predicted octanol–water partition coefficient (Wildman–Crippen LogP) is 6.77. The van der Waals surface area contributed by atoms with Crippen molar-refractivity contribution in [1.82, 2.24) is 0 Å². The monoisotopic (exact) mass is 533 g/mol. The lowest BCUT2D eigenvalue weighted by Crippen LogP contribution is -2.41. The summed E-state index contributed by atoms with van der Waals surface area (Å²) in [6, 6.07) is 13.1. The molecule has 0 spiro atoms. The van der Waals surface area contributed by atoms with Crippen molar-refractivity contribution in [3.63, 3.8) is 0 Å². The summed E-state index contributed by atoms with van der Waals surface area (Å²) in [4.78, 5) is 28.0. The second kappa shape index (κ2) is 7.39. The SMILES string of the molecule is CC1(CC(=O)O)C2=C3C=C4C=CC(=O)C=C4OC3CCN2c2c1ccc1c3c(sc21)-c1ccccc1C3(C)C. The van der Waals surface area contributed by atoms with E-state index in [9.17, 15) is 14.7 Å². The number of hydrogen-bond donors (Lipinski definition) is 1. The maximum Gasteiger partial charge on any atom is 0.304 e. The highest BCUT2D eigenvalue weighted by Crippen LogP contribution is 2.62. The molecule has 5 aliphatic rings. The Balaban J connectivity index is 1.41. The molecule has 6 heteroatoms. The summed E-state index contributed by atoms with van der Waals surface area (Å²) in [7, 11) is 0. The van der Waals surface area contributed by atoms with Crippen LogP contribution in [-0.2, 0) is 25.2 Å². The molecule has 1 aromatic heterocycles. The first kappa shape index (κ1) is 23.0. The van der Waals surface area contributed by atoms with E-state index in [1.165, 1.54) is 31.7 Å². The number of ether oxygens (including phenoxy) is 1. The Labute approximate surface area is 230 Å². The van der Waals surface area contributed by atoms with Crippen LogP contribution in [0.5, 0.6) is 0 Å². The number of thiophene rings is 1. The van der Waals surface area contributed by atoms with Gasteiger partial charge < -0.3 is 14.7 Å². The average Bonchev–Trinajstić information content (AvgIpc) is 3.48. The van der Waals surface area contributed by atoms with Crippen molar-refractivity contribution >= 4 is 38.9 Å². The Kier molecular flexibility index (Phi) is 4.36. The van der Waals surface area contributed by atoms with Crippen LogP contribution in [0, 0.1) is 0 Å². The summed E-state index contributed by atoms with van der Waals surface area (Å²) in [5.41, 5.74) is 8.36. The summed E-state index contributed by atoms with van der Waals surface area (Å²) in [6.07, 6.45) is 7.57. The molecule has 0 bridgehead atoms. The van der Waals surface area contributed by atoms with Crippen LogP contribution in [0.1, 0.15) is 50.3 Å². The number of allylic oxidation sites excluding steroid dienone is 4. The van der Waals surface area contributed by atoms with Crippen molar-refractivity contribution in [2.45, 2.75) is 50.5 Å². The van der Waals surface area contributed by atoms with E-state index in [2.05, 4.69) is 68.1 Å². The number of carboxylic acids is 1. The highest BCUT2D eigenvalue weighted by molar-refractivity contribution is 7.23. The van der Waals surface area contributed by atoms with E-state index in [4.69, 9.17) is 4.74 Å². The predicted molar refractivity (Wildman–Crippen MR) is 153 cm³/mol. The Morgan fingerprint density at radius 2 is 1.92 bits per heavy atom. The minimum Gasteiger partial charge on any atom is -0.485 e. The summed E-state index contributed by atoms with van der Waals surface area (Å²) < 4.78 is 7.60. The molecule has 0 saturated heterocycles. The summed E-state index contributed by atoms with van der Waals surface area (Å²) in [5, 5.41) is 11.4. The molecule has 2 unspecified atom stereocenters. The van der Waals surface area contributed by atoms with E-state index in [0.717, 1.165) is 41.1 Å². The zero-order valence-corrected chi connectivity index (χ0v) is 22.8. The Hall–Kier alpha value is -3.90. The number of ketones is 1. The maximum atomic E-state index is 12.3. The second-order valence-corrected chi connectivity index (χ2v) is 12.9. The quantitative estimate of drug-likeness (QED) is 0.394. The van der Waals surface area contributed by atoms with Crippen LogP contribution in [0.4, 0.5) is 5.69 Å². The molecule has 8 rings (SSSR count). The van der Waals surface area contributed by atoms with Crippen molar-refractivity contribution < 1.29 is 19.4 Å². The van der Waals surface area contributed by atoms with E-state index >= 15 is 0 Å². The molecule has 3 aliphatic heterocycles. The number of nitrogens with zero attached hydrogens (tertiary/aromatic N) is 1. The zero-order chi connectivity index (χ0) is 26.8. The van der Waals surface area contributed by atoms with Crippen molar-refractivity contribution in [3.05, 3.63) is 100.0 Å². The van der Waals surface area contributed by atoms with Gasteiger partial charge in [0.2, 0.25) is 0 Å². The smallest absolute Gasteiger partial charge is 0.304 e. The minimum absolute atomic E-state index is 0.00677. The number of benzene rings is 2. The Morgan fingerprint density at radius 1 is 1.10 bits per heavy atom. The molecule has 5 nitrogen and oxygen atoms in total. The van der Waals surface area contributed by atoms with Crippen LogP contribution < -0.4 is 4.90 Å². The molecular formula is C33H27NO4S. The first-order valence-electron chi connectivity index (χ1n) is 13.5. The Bertz CT molecular complexity index is 1820. The molecule has 0 radical (unpaired) electrons. The number of carbonyl (C=O) groups excluding carboxylic acids is 1. The van der Waals surface area contributed by atoms with E-state index in [1.54, 1.807) is 18.2 Å². The van der Waals surface area contributed by atoms with Crippen LogP contribution in [0.15, 0.2) is 83.3 Å². The lowest BCUT2D eigenvalue weighted by Gasteiger charge is -2.40. The van der Waals surface area contributed by atoms with Crippen molar-refractivity contribution in [3.8, 4) is 10.4 Å². The van der Waals surface area contributed by atoms with Crippen LogP contribution >= 0.6 is 11.3 Å². The number of rotatable bonds is 2. The van der Waals surface area contributed by atoms with Gasteiger partial charge in [0.15, 0.2) is 5.78 Å². The molecule has 2 aromatic carbocycles. The molecule has 0 amide bonds. The van der Waals surface area contributed by atoms with Crippen LogP contribution in [0.25, 0.3) is 20.5 Å². The van der Waals surface area contributed by atoms with Crippen LogP contribution in [0.2, 0.25) is 0 Å². The topological polar surface area (TPSA) is 66.8 Å². The normalized spacial score (nSPS) is 25.3. The first-order valence-corrected chi connectivity index (χ1v) is 14.3. The molecule has 2 atom stereocenters. The number of carbonyl (C=O) groups is 2. The van der Waals surface area contributed by atoms with Gasteiger partial charge in [0.05, 0.1) is 16.8 Å². The second-order valence-electron chi connectivity index (χ2n) is 11.9.